The van der Waals surface area contributed by atoms with Gasteiger partial charge in [-0.1, -0.05) is 233 Å². The van der Waals surface area contributed by atoms with E-state index in [0.29, 0.717) is 0 Å². The van der Waals surface area contributed by atoms with Gasteiger partial charge in [-0.05, 0) is 113 Å². The number of para-hydroxylation sites is 1. The maximum atomic E-state index is 2.46. The summed E-state index contributed by atoms with van der Waals surface area (Å²) in [5, 5.41) is 2.51. The predicted molar refractivity (Wildman–Crippen MR) is 271 cm³/mol. The topological polar surface area (TPSA) is 3.24 Å². The molecule has 0 aromatic heterocycles. The SMILES string of the molecule is CC(C)(C)c1ccccc1-c1ccc(-c2ccc(N(c3ccc4c(c3)C(c3ccccc3)(c3ccccc3)c3ccccc3-4)c3ccccc3-c3ccccc3)cc2)c2ccccc12. The molecule has 1 aliphatic rings. The molecule has 0 atom stereocenters. The summed E-state index contributed by atoms with van der Waals surface area (Å²) in [7, 11) is 0. The van der Waals surface area contributed by atoms with Gasteiger partial charge in [0.05, 0.1) is 11.1 Å². The summed E-state index contributed by atoms with van der Waals surface area (Å²) in [4.78, 5) is 2.46. The Morgan fingerprint density at radius 3 is 1.47 bits per heavy atom. The molecule has 11 rings (SSSR count). The first-order valence-electron chi connectivity index (χ1n) is 22.4. The summed E-state index contributed by atoms with van der Waals surface area (Å²) in [5.74, 6) is 0. The van der Waals surface area contributed by atoms with Gasteiger partial charge in [0.2, 0.25) is 0 Å². The summed E-state index contributed by atoms with van der Waals surface area (Å²) in [6.07, 6.45) is 0. The Bertz CT molecular complexity index is 3250. The molecule has 1 aliphatic carbocycles. The van der Waals surface area contributed by atoms with Crippen molar-refractivity contribution in [1.82, 2.24) is 0 Å². The molecule has 0 radical (unpaired) electrons. The van der Waals surface area contributed by atoms with E-state index in [1.54, 1.807) is 0 Å². The third-order valence-electron chi connectivity index (χ3n) is 13.3. The highest BCUT2D eigenvalue weighted by molar-refractivity contribution is 6.05. The van der Waals surface area contributed by atoms with E-state index in [4.69, 9.17) is 0 Å². The largest absolute Gasteiger partial charge is 0.310 e. The fourth-order valence-electron chi connectivity index (χ4n) is 10.5. The smallest absolute Gasteiger partial charge is 0.0714 e. The number of anilines is 3. The quantitative estimate of drug-likeness (QED) is 0.148. The summed E-state index contributed by atoms with van der Waals surface area (Å²) in [6.45, 7) is 6.91. The van der Waals surface area contributed by atoms with Gasteiger partial charge >= 0.3 is 0 Å². The molecule has 0 saturated carbocycles. The van der Waals surface area contributed by atoms with Crippen LogP contribution < -0.4 is 4.90 Å². The predicted octanol–water partition coefficient (Wildman–Crippen LogP) is 17.0. The second-order valence-corrected chi connectivity index (χ2v) is 18.0. The number of hydrogen-bond acceptors (Lipinski definition) is 1. The Morgan fingerprint density at radius 2 is 0.797 bits per heavy atom. The summed E-state index contributed by atoms with van der Waals surface area (Å²) >= 11 is 0. The molecule has 0 bridgehead atoms. The third kappa shape index (κ3) is 6.47. The van der Waals surface area contributed by atoms with Crippen LogP contribution in [0.4, 0.5) is 17.1 Å². The maximum absolute atomic E-state index is 2.46. The van der Waals surface area contributed by atoms with Crippen molar-refractivity contribution in [3.63, 3.8) is 0 Å². The van der Waals surface area contributed by atoms with Crippen molar-refractivity contribution in [2.75, 3.05) is 4.90 Å². The first kappa shape index (κ1) is 39.1. The van der Waals surface area contributed by atoms with Crippen LogP contribution in [0, 0.1) is 0 Å². The second kappa shape index (κ2) is 15.9. The van der Waals surface area contributed by atoms with Gasteiger partial charge < -0.3 is 4.90 Å². The highest BCUT2D eigenvalue weighted by Crippen LogP contribution is 2.57. The van der Waals surface area contributed by atoms with Crippen LogP contribution >= 0.6 is 0 Å². The van der Waals surface area contributed by atoms with Crippen LogP contribution in [0.25, 0.3) is 55.3 Å². The number of fused-ring (bicyclic) bond motifs is 4. The van der Waals surface area contributed by atoms with Crippen LogP contribution in [-0.2, 0) is 10.8 Å². The van der Waals surface area contributed by atoms with Gasteiger partial charge in [-0.3, -0.25) is 0 Å². The molecule has 0 saturated heterocycles. The molecule has 0 amide bonds. The molecule has 0 heterocycles. The highest BCUT2D eigenvalue weighted by atomic mass is 15.1. The van der Waals surface area contributed by atoms with Crippen molar-refractivity contribution in [2.24, 2.45) is 0 Å². The standard InChI is InChI=1S/C63H49N/c1-62(2,3)58-32-18-15-30-55(58)54-42-41-50(52-28-13-14-29-53(52)54)45-35-37-48(38-36-45)64(61-34-20-17-27-51(61)44-21-7-4-8-22-44)49-39-40-57-56-31-16-19-33-59(56)63(60(57)43-49,46-23-9-5-10-24-46)47-25-11-6-12-26-47/h4-43H,1-3H3. The Hall–Kier alpha value is -7.74. The molecule has 1 nitrogen and oxygen atoms in total. The maximum Gasteiger partial charge on any atom is 0.0714 e. The van der Waals surface area contributed by atoms with Crippen LogP contribution in [0.5, 0.6) is 0 Å². The minimum Gasteiger partial charge on any atom is -0.310 e. The molecular weight excluding hydrogens is 771 g/mol. The van der Waals surface area contributed by atoms with Crippen LogP contribution in [0.15, 0.2) is 243 Å². The summed E-state index contributed by atoms with van der Waals surface area (Å²) in [6, 6.07) is 89.5. The van der Waals surface area contributed by atoms with Crippen molar-refractivity contribution < 1.29 is 0 Å². The Kier molecular flexibility index (Phi) is 9.70. The first-order valence-corrected chi connectivity index (χ1v) is 22.4. The van der Waals surface area contributed by atoms with E-state index in [9.17, 15) is 0 Å². The molecule has 0 fully saturated rings. The van der Waals surface area contributed by atoms with Crippen molar-refractivity contribution in [3.05, 3.63) is 270 Å². The van der Waals surface area contributed by atoms with Gasteiger partial charge in [0.15, 0.2) is 0 Å². The minimum absolute atomic E-state index is 0.0185. The van der Waals surface area contributed by atoms with Crippen LogP contribution in [0.2, 0.25) is 0 Å². The van der Waals surface area contributed by atoms with E-state index in [-0.39, 0.29) is 5.41 Å². The zero-order valence-corrected chi connectivity index (χ0v) is 36.5. The third-order valence-corrected chi connectivity index (χ3v) is 13.3. The number of nitrogens with zero attached hydrogens (tertiary/aromatic N) is 1. The van der Waals surface area contributed by atoms with Gasteiger partial charge in [0, 0.05) is 16.9 Å². The van der Waals surface area contributed by atoms with Crippen molar-refractivity contribution in [2.45, 2.75) is 31.6 Å². The van der Waals surface area contributed by atoms with Gasteiger partial charge in [-0.2, -0.15) is 0 Å². The van der Waals surface area contributed by atoms with Crippen LogP contribution in [-0.4, -0.2) is 0 Å². The zero-order chi connectivity index (χ0) is 43.3. The first-order chi connectivity index (χ1) is 31.4. The van der Waals surface area contributed by atoms with Gasteiger partial charge in [-0.15, -0.1) is 0 Å². The minimum atomic E-state index is -0.514. The molecule has 0 aliphatic heterocycles. The van der Waals surface area contributed by atoms with Crippen LogP contribution in [0.3, 0.4) is 0 Å². The molecule has 64 heavy (non-hydrogen) atoms. The second-order valence-electron chi connectivity index (χ2n) is 18.0. The summed E-state index contributed by atoms with van der Waals surface area (Å²) < 4.78 is 0. The monoisotopic (exact) mass is 819 g/mol. The van der Waals surface area contributed by atoms with Crippen molar-refractivity contribution in [1.29, 1.82) is 0 Å². The van der Waals surface area contributed by atoms with Crippen molar-refractivity contribution >= 4 is 27.8 Å². The van der Waals surface area contributed by atoms with E-state index < -0.39 is 5.41 Å². The fraction of sp³-hybridized carbons (Fsp3) is 0.0794. The molecule has 306 valence electrons. The molecule has 10 aromatic rings. The van der Waals surface area contributed by atoms with E-state index in [2.05, 4.69) is 268 Å². The number of hydrogen-bond donors (Lipinski definition) is 0. The molecular formula is C63H49N. The van der Waals surface area contributed by atoms with E-state index >= 15 is 0 Å². The fourth-order valence-corrected chi connectivity index (χ4v) is 10.5. The Labute approximate surface area is 377 Å². The lowest BCUT2D eigenvalue weighted by molar-refractivity contribution is 0.592. The van der Waals surface area contributed by atoms with Crippen LogP contribution in [0.1, 0.15) is 48.6 Å². The van der Waals surface area contributed by atoms with E-state index in [1.165, 1.54) is 83.1 Å². The lowest BCUT2D eigenvalue weighted by Gasteiger charge is -2.35. The molecule has 0 spiro atoms. The lowest BCUT2D eigenvalue weighted by atomic mass is 9.67. The molecule has 0 N–H and O–H groups in total. The van der Waals surface area contributed by atoms with Crippen molar-refractivity contribution in [3.8, 4) is 44.5 Å². The number of rotatable bonds is 8. The van der Waals surface area contributed by atoms with Gasteiger partial charge in [-0.25, -0.2) is 0 Å². The average molecular weight is 820 g/mol. The normalized spacial score (nSPS) is 12.7. The van der Waals surface area contributed by atoms with E-state index in [0.717, 1.165) is 17.1 Å². The number of benzene rings is 10. The van der Waals surface area contributed by atoms with Gasteiger partial charge in [0.25, 0.3) is 0 Å². The molecule has 1 heteroatoms. The highest BCUT2D eigenvalue weighted by Gasteiger charge is 2.46. The molecule has 0 unspecified atom stereocenters. The lowest BCUT2D eigenvalue weighted by Crippen LogP contribution is -2.28. The molecule has 10 aromatic carbocycles. The van der Waals surface area contributed by atoms with E-state index in [1.807, 2.05) is 0 Å². The average Bonchev–Trinajstić information content (AvgIpc) is 3.65. The summed E-state index contributed by atoms with van der Waals surface area (Å²) in [5.41, 5.74) is 19.1. The zero-order valence-electron chi connectivity index (χ0n) is 36.5. The Morgan fingerprint density at radius 1 is 0.328 bits per heavy atom. The Balaban J connectivity index is 1.10. The van der Waals surface area contributed by atoms with Gasteiger partial charge in [0.1, 0.15) is 0 Å².